The lowest BCUT2D eigenvalue weighted by atomic mass is 10.3. The van der Waals surface area contributed by atoms with Crippen LogP contribution in [-0.4, -0.2) is 12.0 Å². The van der Waals surface area contributed by atoms with Crippen molar-refractivity contribution in [2.45, 2.75) is 4.90 Å². The highest BCUT2D eigenvalue weighted by Gasteiger charge is 2.14. The lowest BCUT2D eigenvalue weighted by molar-refractivity contribution is -0.385. The zero-order valence-corrected chi connectivity index (χ0v) is 8.85. The standard InChI is InChI=1S/C6H5BClNO2S2/c7-13(8,12)6-3-1-2-5(4-6)9(10)11/h1-4,12H. The summed E-state index contributed by atoms with van der Waals surface area (Å²) in [6.07, 6.45) is 0. The van der Waals surface area contributed by atoms with E-state index in [9.17, 15) is 10.1 Å². The van der Waals surface area contributed by atoms with Crippen LogP contribution in [0, 0.1) is 10.1 Å². The van der Waals surface area contributed by atoms with Crippen LogP contribution in [0.15, 0.2) is 29.2 Å². The summed E-state index contributed by atoms with van der Waals surface area (Å²) >= 11 is 3.96. The maximum Gasteiger partial charge on any atom is 0.270 e. The third-order valence-corrected chi connectivity index (χ3v) is 3.44. The number of hydrogen-bond acceptors (Lipinski definition) is 3. The number of nitro benzene ring substituents is 1. The van der Waals surface area contributed by atoms with Crippen molar-refractivity contribution >= 4 is 43.3 Å². The number of nitrogens with zero attached hydrogens (tertiary/aromatic N) is 1. The summed E-state index contributed by atoms with van der Waals surface area (Å²) in [7, 11) is 9.06. The molecule has 0 heterocycles. The Morgan fingerprint density at radius 3 is 2.69 bits per heavy atom. The molecule has 1 aromatic carbocycles. The van der Waals surface area contributed by atoms with Gasteiger partial charge in [0.2, 0.25) is 0 Å². The van der Waals surface area contributed by atoms with Crippen molar-refractivity contribution in [2.24, 2.45) is 0 Å². The molecule has 0 spiro atoms. The van der Waals surface area contributed by atoms with Crippen LogP contribution in [0.1, 0.15) is 0 Å². The fourth-order valence-electron chi connectivity index (χ4n) is 0.775. The molecule has 2 radical (unpaired) electrons. The Hall–Kier alpha value is -0.325. The van der Waals surface area contributed by atoms with E-state index in [2.05, 4.69) is 11.7 Å². The molecule has 0 aliphatic heterocycles. The number of hydrogen-bond donors (Lipinski definition) is 1. The molecule has 7 heteroatoms. The molecular weight excluding hydrogens is 228 g/mol. The highest BCUT2D eigenvalue weighted by atomic mass is 35.8. The van der Waals surface area contributed by atoms with Gasteiger partial charge in [0.05, 0.1) is 4.92 Å². The molecule has 0 saturated carbocycles. The first kappa shape index (κ1) is 10.8. The van der Waals surface area contributed by atoms with Crippen molar-refractivity contribution in [3.05, 3.63) is 34.4 Å². The fraction of sp³-hybridized carbons (Fsp3) is 0. The van der Waals surface area contributed by atoms with Crippen LogP contribution in [0.25, 0.3) is 0 Å². The largest absolute Gasteiger partial charge is 0.270 e. The van der Waals surface area contributed by atoms with E-state index in [1.807, 2.05) is 0 Å². The van der Waals surface area contributed by atoms with Crippen LogP contribution in [0.3, 0.4) is 0 Å². The predicted octanol–water partition coefficient (Wildman–Crippen LogP) is 2.84. The SMILES string of the molecule is [B]S(S)(Cl)c1cccc([N+](=O)[O-])c1. The van der Waals surface area contributed by atoms with E-state index >= 15 is 0 Å². The summed E-state index contributed by atoms with van der Waals surface area (Å²) in [5, 5.41) is 10.4. The molecule has 0 aliphatic carbocycles. The summed E-state index contributed by atoms with van der Waals surface area (Å²) < 4.78 is 0. The Balaban J connectivity index is 3.13. The molecule has 1 aromatic rings. The van der Waals surface area contributed by atoms with Crippen LogP contribution in [-0.2, 0) is 0 Å². The van der Waals surface area contributed by atoms with E-state index in [1.165, 1.54) is 18.2 Å². The van der Waals surface area contributed by atoms with Crippen molar-refractivity contribution in [1.29, 1.82) is 0 Å². The quantitative estimate of drug-likeness (QED) is 0.281. The Morgan fingerprint density at radius 2 is 2.23 bits per heavy atom. The Labute approximate surface area is 87.6 Å². The molecule has 0 saturated heterocycles. The van der Waals surface area contributed by atoms with Gasteiger partial charge >= 0.3 is 0 Å². The monoisotopic (exact) mass is 233 g/mol. The minimum absolute atomic E-state index is 0.0328. The van der Waals surface area contributed by atoms with Gasteiger partial charge in [0.1, 0.15) is 0 Å². The molecule has 0 N–H and O–H groups in total. The molecular formula is C6H5BClNO2S2. The summed E-state index contributed by atoms with van der Waals surface area (Å²) in [6, 6.07) is 5.84. The van der Waals surface area contributed by atoms with Gasteiger partial charge in [-0.05, 0) is 6.07 Å². The van der Waals surface area contributed by atoms with Crippen LogP contribution in [0.2, 0.25) is 0 Å². The first-order valence-electron chi connectivity index (χ1n) is 3.19. The number of thiol groups is 1. The average molecular weight is 234 g/mol. The van der Waals surface area contributed by atoms with E-state index in [0.717, 1.165) is 0 Å². The van der Waals surface area contributed by atoms with Crippen LogP contribution < -0.4 is 0 Å². The Kier molecular flexibility index (Phi) is 3.16. The van der Waals surface area contributed by atoms with Crippen LogP contribution in [0.5, 0.6) is 0 Å². The van der Waals surface area contributed by atoms with Gasteiger partial charge in [-0.3, -0.25) is 10.1 Å². The minimum atomic E-state index is -2.20. The molecule has 0 bridgehead atoms. The van der Waals surface area contributed by atoms with Crippen molar-refractivity contribution < 1.29 is 4.92 Å². The Morgan fingerprint density at radius 1 is 1.62 bits per heavy atom. The molecule has 3 nitrogen and oxygen atoms in total. The van der Waals surface area contributed by atoms with Gasteiger partial charge in [0, 0.05) is 17.0 Å². The lowest BCUT2D eigenvalue weighted by Crippen LogP contribution is -1.89. The third-order valence-electron chi connectivity index (χ3n) is 1.36. The second kappa shape index (κ2) is 3.81. The summed E-state index contributed by atoms with van der Waals surface area (Å²) in [5.41, 5.74) is -0.0328. The third kappa shape index (κ3) is 2.82. The smallest absolute Gasteiger partial charge is 0.258 e. The van der Waals surface area contributed by atoms with Crippen LogP contribution in [0.4, 0.5) is 5.69 Å². The number of benzene rings is 1. The van der Waals surface area contributed by atoms with E-state index in [-0.39, 0.29) is 5.69 Å². The molecule has 13 heavy (non-hydrogen) atoms. The van der Waals surface area contributed by atoms with E-state index in [0.29, 0.717) is 4.90 Å². The fourth-order valence-corrected chi connectivity index (χ4v) is 1.96. The van der Waals surface area contributed by atoms with Gasteiger partial charge < -0.3 is 0 Å². The molecule has 1 rings (SSSR count). The van der Waals surface area contributed by atoms with Gasteiger partial charge in [0.15, 0.2) is 7.12 Å². The molecule has 1 atom stereocenters. The summed E-state index contributed by atoms with van der Waals surface area (Å²) in [4.78, 5) is 10.4. The molecule has 0 amide bonds. The molecule has 0 fully saturated rings. The highest BCUT2D eigenvalue weighted by Crippen LogP contribution is 2.60. The van der Waals surface area contributed by atoms with E-state index in [1.54, 1.807) is 6.07 Å². The van der Waals surface area contributed by atoms with Crippen LogP contribution >= 0.6 is 30.5 Å². The average Bonchev–Trinajstić information content (AvgIpc) is 2.03. The van der Waals surface area contributed by atoms with Crippen molar-refractivity contribution in [3.63, 3.8) is 0 Å². The van der Waals surface area contributed by atoms with Crippen molar-refractivity contribution in [3.8, 4) is 0 Å². The van der Waals surface area contributed by atoms with Gasteiger partial charge in [-0.25, -0.2) is 0 Å². The molecule has 68 valence electrons. The van der Waals surface area contributed by atoms with Crippen molar-refractivity contribution in [2.75, 3.05) is 0 Å². The number of nitro groups is 1. The number of non-ortho nitro benzene ring substituents is 1. The van der Waals surface area contributed by atoms with Gasteiger partial charge in [-0.15, -0.1) is 19.8 Å². The number of rotatable bonds is 2. The Bertz CT molecular complexity index is 342. The van der Waals surface area contributed by atoms with Gasteiger partial charge in [0.25, 0.3) is 5.69 Å². The maximum atomic E-state index is 10.4. The molecule has 0 aromatic heterocycles. The minimum Gasteiger partial charge on any atom is -0.258 e. The second-order valence-electron chi connectivity index (χ2n) is 2.30. The molecule has 0 aliphatic rings. The van der Waals surface area contributed by atoms with E-state index in [4.69, 9.17) is 17.8 Å². The number of halogens is 1. The summed E-state index contributed by atoms with van der Waals surface area (Å²) in [6.45, 7) is 0. The van der Waals surface area contributed by atoms with Gasteiger partial charge in [-0.1, -0.05) is 16.7 Å². The zero-order valence-electron chi connectivity index (χ0n) is 6.38. The zero-order chi connectivity index (χ0) is 10.1. The van der Waals surface area contributed by atoms with E-state index < -0.39 is 13.0 Å². The lowest BCUT2D eigenvalue weighted by Gasteiger charge is -2.20. The van der Waals surface area contributed by atoms with Gasteiger partial charge in [-0.2, -0.15) is 0 Å². The maximum absolute atomic E-state index is 10.4. The van der Waals surface area contributed by atoms with Crippen molar-refractivity contribution in [1.82, 2.24) is 0 Å². The summed E-state index contributed by atoms with van der Waals surface area (Å²) in [5.74, 6) is 0. The topological polar surface area (TPSA) is 43.1 Å². The molecule has 1 unspecified atom stereocenters. The predicted molar refractivity (Wildman–Crippen MR) is 59.5 cm³/mol. The highest BCUT2D eigenvalue weighted by molar-refractivity contribution is 9.05. The first-order chi connectivity index (χ1) is 5.91. The normalized spacial score (nSPS) is 17.4. The second-order valence-corrected chi connectivity index (χ2v) is 7.71. The first-order valence-corrected chi connectivity index (χ1v) is 6.76.